The number of benzene rings is 1. The van der Waals surface area contributed by atoms with Crippen molar-refractivity contribution < 1.29 is 9.90 Å². The summed E-state index contributed by atoms with van der Waals surface area (Å²) in [6, 6.07) is 10.9. The van der Waals surface area contributed by atoms with Gasteiger partial charge in [0, 0.05) is 32.0 Å². The molecule has 4 heteroatoms. The molecule has 0 spiro atoms. The van der Waals surface area contributed by atoms with Crippen LogP contribution in [0.1, 0.15) is 25.3 Å². The van der Waals surface area contributed by atoms with Crippen molar-refractivity contribution in [3.8, 4) is 0 Å². The molecule has 2 saturated heterocycles. The van der Waals surface area contributed by atoms with E-state index in [9.17, 15) is 9.90 Å². The molecule has 3 rings (SSSR count). The molecule has 114 valence electrons. The summed E-state index contributed by atoms with van der Waals surface area (Å²) in [5.41, 5.74) is 1.46. The first-order chi connectivity index (χ1) is 10.2. The highest BCUT2D eigenvalue weighted by atomic mass is 16.3. The number of nitrogens with zero attached hydrogens (tertiary/aromatic N) is 2. The molecule has 0 radical (unpaired) electrons. The van der Waals surface area contributed by atoms with Crippen molar-refractivity contribution in [3.63, 3.8) is 0 Å². The summed E-state index contributed by atoms with van der Waals surface area (Å²) in [5.74, 6) is 0.170. The minimum absolute atomic E-state index is 0.0961. The second kappa shape index (κ2) is 5.78. The molecule has 0 aliphatic carbocycles. The summed E-state index contributed by atoms with van der Waals surface area (Å²) >= 11 is 0. The molecule has 1 aromatic rings. The number of fused-ring (bicyclic) bond motifs is 1. The third-order valence-electron chi connectivity index (χ3n) is 5.29. The van der Waals surface area contributed by atoms with Gasteiger partial charge in [-0.1, -0.05) is 30.3 Å². The van der Waals surface area contributed by atoms with Crippen molar-refractivity contribution >= 4 is 5.91 Å². The van der Waals surface area contributed by atoms with Gasteiger partial charge in [-0.05, 0) is 24.9 Å². The predicted molar refractivity (Wildman–Crippen MR) is 82.1 cm³/mol. The molecule has 2 fully saturated rings. The number of aliphatic hydroxyl groups excluding tert-OH is 1. The van der Waals surface area contributed by atoms with E-state index in [0.29, 0.717) is 6.54 Å². The summed E-state index contributed by atoms with van der Waals surface area (Å²) in [4.78, 5) is 16.3. The van der Waals surface area contributed by atoms with Crippen LogP contribution >= 0.6 is 0 Å². The van der Waals surface area contributed by atoms with Gasteiger partial charge >= 0.3 is 0 Å². The van der Waals surface area contributed by atoms with Crippen molar-refractivity contribution in [3.05, 3.63) is 35.9 Å². The van der Waals surface area contributed by atoms with Gasteiger partial charge < -0.3 is 10.0 Å². The molecule has 1 amide bonds. The summed E-state index contributed by atoms with van der Waals surface area (Å²) in [7, 11) is 0. The Labute approximate surface area is 126 Å². The maximum Gasteiger partial charge on any atom is 0.219 e. The number of hydrogen-bond donors (Lipinski definition) is 1. The number of amides is 1. The number of carbonyl (C=O) groups excluding carboxylic acids is 1. The minimum Gasteiger partial charge on any atom is -0.395 e. The average molecular weight is 288 g/mol. The van der Waals surface area contributed by atoms with Crippen molar-refractivity contribution in [2.75, 3.05) is 32.8 Å². The van der Waals surface area contributed by atoms with Crippen LogP contribution < -0.4 is 0 Å². The van der Waals surface area contributed by atoms with Crippen LogP contribution in [0.5, 0.6) is 0 Å². The van der Waals surface area contributed by atoms with Gasteiger partial charge in [0.25, 0.3) is 0 Å². The highest BCUT2D eigenvalue weighted by Crippen LogP contribution is 2.45. The lowest BCUT2D eigenvalue weighted by molar-refractivity contribution is -0.131. The van der Waals surface area contributed by atoms with Gasteiger partial charge in [0.1, 0.15) is 0 Å². The van der Waals surface area contributed by atoms with Crippen LogP contribution in [-0.4, -0.2) is 59.6 Å². The zero-order valence-corrected chi connectivity index (χ0v) is 12.7. The number of aliphatic hydroxyl groups is 1. The molecule has 0 bridgehead atoms. The van der Waals surface area contributed by atoms with Crippen LogP contribution in [0, 0.1) is 0 Å². The van der Waals surface area contributed by atoms with Crippen LogP contribution in [0.2, 0.25) is 0 Å². The standard InChI is InChI=1S/C17H24N2O2/c1-14(21)19-10-8-17(15-5-3-2-4-6-15)7-9-18(11-12-20)13-16(17)19/h2-6,16,20H,7-13H2,1H3/t16-,17+/m0/s1. The first kappa shape index (κ1) is 14.5. The zero-order valence-electron chi connectivity index (χ0n) is 12.7. The number of β-amino-alcohol motifs (C(OH)–C–C–N with tert-alkyl or cyclic N) is 1. The smallest absolute Gasteiger partial charge is 0.219 e. The molecule has 0 saturated carbocycles. The number of carbonyl (C=O) groups is 1. The lowest BCUT2D eigenvalue weighted by atomic mass is 9.69. The SMILES string of the molecule is CC(=O)N1CC[C@@]2(c3ccccc3)CCN(CCO)C[C@H]12. The lowest BCUT2D eigenvalue weighted by Crippen LogP contribution is -2.56. The van der Waals surface area contributed by atoms with Gasteiger partial charge in [0.05, 0.1) is 12.6 Å². The number of piperidine rings is 1. The van der Waals surface area contributed by atoms with Gasteiger partial charge in [0.15, 0.2) is 0 Å². The normalized spacial score (nSPS) is 29.4. The van der Waals surface area contributed by atoms with E-state index in [1.54, 1.807) is 6.92 Å². The summed E-state index contributed by atoms with van der Waals surface area (Å²) in [5, 5.41) is 9.19. The molecule has 4 nitrogen and oxygen atoms in total. The molecule has 2 aliphatic heterocycles. The first-order valence-corrected chi connectivity index (χ1v) is 7.83. The summed E-state index contributed by atoms with van der Waals surface area (Å²) in [6.45, 7) is 5.28. The summed E-state index contributed by atoms with van der Waals surface area (Å²) in [6.07, 6.45) is 2.11. The number of hydrogen-bond acceptors (Lipinski definition) is 3. The van der Waals surface area contributed by atoms with Crippen molar-refractivity contribution in [1.82, 2.24) is 9.80 Å². The van der Waals surface area contributed by atoms with Gasteiger partial charge in [-0.2, -0.15) is 0 Å². The van der Waals surface area contributed by atoms with E-state index in [1.165, 1.54) is 5.56 Å². The van der Waals surface area contributed by atoms with Crippen molar-refractivity contribution in [2.24, 2.45) is 0 Å². The average Bonchev–Trinajstić information content (AvgIpc) is 2.89. The Morgan fingerprint density at radius 2 is 2.00 bits per heavy atom. The fourth-order valence-electron chi connectivity index (χ4n) is 4.17. The van der Waals surface area contributed by atoms with E-state index >= 15 is 0 Å². The van der Waals surface area contributed by atoms with Crippen LogP contribution in [0.4, 0.5) is 0 Å². The highest BCUT2D eigenvalue weighted by Gasteiger charge is 2.51. The van der Waals surface area contributed by atoms with Crippen LogP contribution in [0.15, 0.2) is 30.3 Å². The van der Waals surface area contributed by atoms with E-state index in [0.717, 1.165) is 32.5 Å². The van der Waals surface area contributed by atoms with Crippen LogP contribution in [0.25, 0.3) is 0 Å². The third-order valence-corrected chi connectivity index (χ3v) is 5.29. The molecule has 2 heterocycles. The molecular formula is C17H24N2O2. The third kappa shape index (κ3) is 2.47. The Morgan fingerprint density at radius 3 is 2.67 bits per heavy atom. The van der Waals surface area contributed by atoms with E-state index in [-0.39, 0.29) is 24.0 Å². The minimum atomic E-state index is 0.0961. The van der Waals surface area contributed by atoms with E-state index < -0.39 is 0 Å². The Kier molecular flexibility index (Phi) is 4.00. The molecule has 21 heavy (non-hydrogen) atoms. The highest BCUT2D eigenvalue weighted by molar-refractivity contribution is 5.74. The second-order valence-electron chi connectivity index (χ2n) is 6.27. The molecule has 2 atom stereocenters. The van der Waals surface area contributed by atoms with Crippen molar-refractivity contribution in [2.45, 2.75) is 31.2 Å². The Balaban J connectivity index is 1.93. The van der Waals surface area contributed by atoms with Gasteiger partial charge in [-0.15, -0.1) is 0 Å². The van der Waals surface area contributed by atoms with Gasteiger partial charge in [-0.3, -0.25) is 9.69 Å². The molecular weight excluding hydrogens is 264 g/mol. The molecule has 2 aliphatic rings. The lowest BCUT2D eigenvalue weighted by Gasteiger charge is -2.46. The van der Waals surface area contributed by atoms with Gasteiger partial charge in [0.2, 0.25) is 5.91 Å². The van der Waals surface area contributed by atoms with Crippen LogP contribution in [0.3, 0.4) is 0 Å². The molecule has 1 aromatic carbocycles. The topological polar surface area (TPSA) is 43.8 Å². The summed E-state index contributed by atoms with van der Waals surface area (Å²) < 4.78 is 0. The van der Waals surface area contributed by atoms with Crippen LogP contribution in [-0.2, 0) is 10.2 Å². The van der Waals surface area contributed by atoms with E-state index in [2.05, 4.69) is 29.2 Å². The van der Waals surface area contributed by atoms with E-state index in [1.807, 2.05) is 11.0 Å². The monoisotopic (exact) mass is 288 g/mol. The maximum atomic E-state index is 12.0. The largest absolute Gasteiger partial charge is 0.395 e. The number of rotatable bonds is 3. The fourth-order valence-corrected chi connectivity index (χ4v) is 4.17. The van der Waals surface area contributed by atoms with E-state index in [4.69, 9.17) is 0 Å². The Morgan fingerprint density at radius 1 is 1.29 bits per heavy atom. The fraction of sp³-hybridized carbons (Fsp3) is 0.588. The Bertz CT molecular complexity index is 505. The maximum absolute atomic E-state index is 12.0. The zero-order chi connectivity index (χ0) is 14.9. The number of likely N-dealkylation sites (tertiary alicyclic amines) is 2. The molecule has 0 aromatic heterocycles. The molecule has 1 N–H and O–H groups in total. The first-order valence-electron chi connectivity index (χ1n) is 7.83. The second-order valence-corrected chi connectivity index (χ2v) is 6.27. The van der Waals surface area contributed by atoms with Gasteiger partial charge in [-0.25, -0.2) is 0 Å². The molecule has 0 unspecified atom stereocenters. The predicted octanol–water partition coefficient (Wildman–Crippen LogP) is 1.24. The van der Waals surface area contributed by atoms with Crippen molar-refractivity contribution in [1.29, 1.82) is 0 Å². The Hall–Kier alpha value is -1.39. The quantitative estimate of drug-likeness (QED) is 0.910.